The van der Waals surface area contributed by atoms with E-state index in [9.17, 15) is 14.4 Å². The SMILES string of the molecule is CC(=O)OCC12CCC3(C)C(CCC4C5(C)CCC(OC(C)=O)C(C)(C)C5CCC43C)C1=C(C(C)C)C(=O)C2. The van der Waals surface area contributed by atoms with Crippen LogP contribution in [0.2, 0.25) is 0 Å². The topological polar surface area (TPSA) is 69.7 Å². The molecule has 8 atom stereocenters. The van der Waals surface area contributed by atoms with Gasteiger partial charge in [0.1, 0.15) is 12.7 Å². The molecule has 5 nitrogen and oxygen atoms in total. The zero-order chi connectivity index (χ0) is 28.8. The van der Waals surface area contributed by atoms with Crippen LogP contribution in [-0.2, 0) is 23.9 Å². The number of ether oxygens (including phenoxy) is 2. The van der Waals surface area contributed by atoms with Crippen LogP contribution < -0.4 is 0 Å². The Morgan fingerprint density at radius 3 is 2.15 bits per heavy atom. The zero-order valence-electron chi connectivity index (χ0n) is 26.0. The van der Waals surface area contributed by atoms with E-state index in [1.54, 1.807) is 6.92 Å². The maximum atomic E-state index is 13.6. The molecule has 4 saturated carbocycles. The highest BCUT2D eigenvalue weighted by atomic mass is 16.5. The first-order valence-electron chi connectivity index (χ1n) is 15.6. The molecule has 0 aliphatic heterocycles. The zero-order valence-corrected chi connectivity index (χ0v) is 26.0. The highest BCUT2D eigenvalue weighted by Crippen LogP contribution is 2.76. The Morgan fingerprint density at radius 1 is 0.846 bits per heavy atom. The molecular weight excluding hydrogens is 488 g/mol. The number of carbonyl (C=O) groups excluding carboxylic acids is 3. The molecule has 4 fully saturated rings. The molecule has 0 heterocycles. The molecule has 0 amide bonds. The van der Waals surface area contributed by atoms with Gasteiger partial charge in [0.05, 0.1) is 0 Å². The molecule has 5 aliphatic carbocycles. The Hall–Kier alpha value is -1.65. The number of Topliss-reactive ketones (excluding diaryl/α,β-unsaturated/α-hetero) is 1. The minimum atomic E-state index is -0.319. The van der Waals surface area contributed by atoms with Gasteiger partial charge in [-0.05, 0) is 102 Å². The summed E-state index contributed by atoms with van der Waals surface area (Å²) in [4.78, 5) is 37.4. The molecule has 5 heteroatoms. The first kappa shape index (κ1) is 28.9. The number of rotatable bonds is 4. The second kappa shape index (κ2) is 9.18. The third-order valence-corrected chi connectivity index (χ3v) is 13.4. The minimum absolute atomic E-state index is 0.0100. The Morgan fingerprint density at radius 2 is 1.54 bits per heavy atom. The quantitative estimate of drug-likeness (QED) is 0.346. The van der Waals surface area contributed by atoms with Crippen LogP contribution in [0.25, 0.3) is 0 Å². The van der Waals surface area contributed by atoms with Crippen LogP contribution in [0.1, 0.15) is 120 Å². The Balaban J connectivity index is 1.54. The molecule has 39 heavy (non-hydrogen) atoms. The van der Waals surface area contributed by atoms with Crippen molar-refractivity contribution < 1.29 is 23.9 Å². The van der Waals surface area contributed by atoms with Crippen LogP contribution in [-0.4, -0.2) is 30.4 Å². The van der Waals surface area contributed by atoms with Gasteiger partial charge in [-0.3, -0.25) is 14.4 Å². The lowest BCUT2D eigenvalue weighted by Crippen LogP contribution is -2.66. The van der Waals surface area contributed by atoms with Gasteiger partial charge in [-0.1, -0.05) is 48.5 Å². The lowest BCUT2D eigenvalue weighted by atomic mass is 9.33. The molecule has 0 radical (unpaired) electrons. The lowest BCUT2D eigenvalue weighted by molar-refractivity contribution is -0.233. The van der Waals surface area contributed by atoms with Crippen LogP contribution in [0, 0.1) is 50.7 Å². The van der Waals surface area contributed by atoms with E-state index in [4.69, 9.17) is 9.47 Å². The maximum Gasteiger partial charge on any atom is 0.302 e. The number of hydrogen-bond acceptors (Lipinski definition) is 5. The van der Waals surface area contributed by atoms with Crippen molar-refractivity contribution in [3.63, 3.8) is 0 Å². The van der Waals surface area contributed by atoms with Crippen molar-refractivity contribution in [1.82, 2.24) is 0 Å². The van der Waals surface area contributed by atoms with Gasteiger partial charge in [0, 0.05) is 31.1 Å². The molecule has 0 bridgehead atoms. The molecule has 0 saturated heterocycles. The van der Waals surface area contributed by atoms with Gasteiger partial charge in [0.15, 0.2) is 5.78 Å². The fourth-order valence-corrected chi connectivity index (χ4v) is 11.5. The first-order chi connectivity index (χ1) is 18.0. The summed E-state index contributed by atoms with van der Waals surface area (Å²) in [7, 11) is 0. The fourth-order valence-electron chi connectivity index (χ4n) is 11.5. The van der Waals surface area contributed by atoms with Crippen LogP contribution in [0.4, 0.5) is 0 Å². The van der Waals surface area contributed by atoms with E-state index in [0.717, 1.165) is 44.1 Å². The number of hydrogen-bond donors (Lipinski definition) is 0. The van der Waals surface area contributed by atoms with Crippen molar-refractivity contribution in [2.75, 3.05) is 6.61 Å². The molecule has 8 unspecified atom stereocenters. The van der Waals surface area contributed by atoms with E-state index in [2.05, 4.69) is 48.5 Å². The molecule has 0 aromatic carbocycles. The molecule has 218 valence electrons. The normalized spacial score (nSPS) is 44.7. The molecule has 5 aliphatic rings. The summed E-state index contributed by atoms with van der Waals surface area (Å²) in [6, 6.07) is 0. The van der Waals surface area contributed by atoms with Crippen molar-refractivity contribution in [3.8, 4) is 0 Å². The lowest BCUT2D eigenvalue weighted by Gasteiger charge is -2.72. The van der Waals surface area contributed by atoms with Gasteiger partial charge in [-0.25, -0.2) is 0 Å². The average molecular weight is 541 g/mol. The van der Waals surface area contributed by atoms with E-state index in [1.807, 2.05) is 0 Å². The van der Waals surface area contributed by atoms with Gasteiger partial charge in [-0.2, -0.15) is 0 Å². The van der Waals surface area contributed by atoms with Crippen molar-refractivity contribution in [3.05, 3.63) is 11.1 Å². The summed E-state index contributed by atoms with van der Waals surface area (Å²) in [5.41, 5.74) is 2.51. The Bertz CT molecular complexity index is 1100. The predicted octanol–water partition coefficient (Wildman–Crippen LogP) is 7.46. The molecule has 0 aromatic heterocycles. The van der Waals surface area contributed by atoms with Crippen molar-refractivity contribution in [1.29, 1.82) is 0 Å². The third-order valence-electron chi connectivity index (χ3n) is 13.4. The Kier molecular flexibility index (Phi) is 6.79. The fraction of sp³-hybridized carbons (Fsp3) is 0.853. The first-order valence-corrected chi connectivity index (χ1v) is 15.6. The van der Waals surface area contributed by atoms with Crippen molar-refractivity contribution in [2.24, 2.45) is 50.7 Å². The number of ketones is 1. The van der Waals surface area contributed by atoms with E-state index in [0.29, 0.717) is 30.8 Å². The molecule has 0 spiro atoms. The summed E-state index contributed by atoms with van der Waals surface area (Å²) in [5.74, 6) is 1.53. The van der Waals surface area contributed by atoms with Crippen molar-refractivity contribution in [2.45, 2.75) is 126 Å². The summed E-state index contributed by atoms with van der Waals surface area (Å²) in [6.45, 7) is 20.1. The second-order valence-corrected chi connectivity index (χ2v) is 15.7. The van der Waals surface area contributed by atoms with E-state index in [1.165, 1.54) is 25.3 Å². The second-order valence-electron chi connectivity index (χ2n) is 15.7. The summed E-state index contributed by atoms with van der Waals surface area (Å²) < 4.78 is 11.6. The van der Waals surface area contributed by atoms with Gasteiger partial charge in [-0.15, -0.1) is 0 Å². The number of esters is 2. The third kappa shape index (κ3) is 3.94. The number of fused-ring (bicyclic) bond motifs is 7. The summed E-state index contributed by atoms with van der Waals surface area (Å²) in [5, 5.41) is 0. The molecule has 0 aromatic rings. The maximum absolute atomic E-state index is 13.6. The van der Waals surface area contributed by atoms with Gasteiger partial charge in [0.2, 0.25) is 0 Å². The van der Waals surface area contributed by atoms with Crippen molar-refractivity contribution >= 4 is 17.7 Å². The van der Waals surface area contributed by atoms with Crippen LogP contribution in [0.3, 0.4) is 0 Å². The monoisotopic (exact) mass is 540 g/mol. The van der Waals surface area contributed by atoms with Crippen LogP contribution in [0.5, 0.6) is 0 Å². The molecule has 0 N–H and O–H groups in total. The predicted molar refractivity (Wildman–Crippen MR) is 152 cm³/mol. The van der Waals surface area contributed by atoms with E-state index < -0.39 is 0 Å². The largest absolute Gasteiger partial charge is 0.465 e. The van der Waals surface area contributed by atoms with Crippen LogP contribution in [0.15, 0.2) is 11.1 Å². The number of carbonyl (C=O) groups is 3. The van der Waals surface area contributed by atoms with Gasteiger partial charge < -0.3 is 9.47 Å². The smallest absolute Gasteiger partial charge is 0.302 e. The van der Waals surface area contributed by atoms with E-state index in [-0.39, 0.29) is 56.8 Å². The highest BCUT2D eigenvalue weighted by Gasteiger charge is 2.70. The molecular formula is C34H52O5. The summed E-state index contributed by atoms with van der Waals surface area (Å²) in [6.07, 6.45) is 9.15. The highest BCUT2D eigenvalue weighted by molar-refractivity contribution is 6.00. The summed E-state index contributed by atoms with van der Waals surface area (Å²) >= 11 is 0. The van der Waals surface area contributed by atoms with Gasteiger partial charge in [0.25, 0.3) is 0 Å². The van der Waals surface area contributed by atoms with E-state index >= 15 is 0 Å². The Labute approximate surface area is 236 Å². The van der Waals surface area contributed by atoms with Gasteiger partial charge >= 0.3 is 11.9 Å². The molecule has 5 rings (SSSR count). The number of allylic oxidation sites excluding steroid dienone is 1. The minimum Gasteiger partial charge on any atom is -0.465 e. The van der Waals surface area contributed by atoms with Crippen LogP contribution >= 0.6 is 0 Å². The standard InChI is InChI=1S/C34H52O5/c1-20(2)28-24(37)18-34(19-38-21(3)35)17-16-32(8)23(29(28)34)10-11-26-31(7)14-13-27(39-22(4)36)30(5,6)25(31)12-15-33(26,32)9/h20,23,25-27H,10-19H2,1-9H3. The average Bonchev–Trinajstić information content (AvgIpc) is 3.12.